The normalized spacial score (nSPS) is 9.93. The molecule has 0 aliphatic heterocycles. The number of carboxylic acid groups (broad SMARTS) is 1. The van der Waals surface area contributed by atoms with Crippen LogP contribution in [-0.4, -0.2) is 41.3 Å². The van der Waals surface area contributed by atoms with Crippen LogP contribution >= 0.6 is 0 Å². The molecular weight excluding hydrogens is 202 g/mol. The van der Waals surface area contributed by atoms with Gasteiger partial charge < -0.3 is 15.2 Å². The molecule has 0 spiro atoms. The fourth-order valence-electron chi connectivity index (χ4n) is 0.909. The van der Waals surface area contributed by atoms with Crippen LogP contribution in [0.15, 0.2) is 11.0 Å². The molecule has 1 aromatic rings. The van der Waals surface area contributed by atoms with Crippen LogP contribution in [0.25, 0.3) is 0 Å². The molecule has 7 nitrogen and oxygen atoms in total. The standard InChI is InChI=1S/C8H11N3O4/c1-15-3-2-9-8-10-4-5(7(13)14)6(12)11-8/h4H,2-3H2,1H3,(H,13,14)(H2,9,10,11,12). The minimum Gasteiger partial charge on any atom is -0.477 e. The Balaban J connectivity index is 2.74. The molecular formula is C8H11N3O4. The monoisotopic (exact) mass is 213 g/mol. The van der Waals surface area contributed by atoms with E-state index in [0.717, 1.165) is 6.20 Å². The number of aromatic carboxylic acids is 1. The molecule has 1 aromatic heterocycles. The van der Waals surface area contributed by atoms with E-state index in [2.05, 4.69) is 15.3 Å². The number of ether oxygens (including phenoxy) is 1. The summed E-state index contributed by atoms with van der Waals surface area (Å²) in [6.07, 6.45) is 1.01. The molecule has 0 unspecified atom stereocenters. The molecule has 82 valence electrons. The lowest BCUT2D eigenvalue weighted by Crippen LogP contribution is -2.21. The van der Waals surface area contributed by atoms with Crippen LogP contribution in [0, 0.1) is 0 Å². The molecule has 3 N–H and O–H groups in total. The summed E-state index contributed by atoms with van der Waals surface area (Å²) in [5, 5.41) is 11.3. The second-order valence-corrected chi connectivity index (χ2v) is 2.70. The topological polar surface area (TPSA) is 104 Å². The largest absolute Gasteiger partial charge is 0.477 e. The number of methoxy groups -OCH3 is 1. The van der Waals surface area contributed by atoms with Gasteiger partial charge in [0.2, 0.25) is 5.95 Å². The maximum Gasteiger partial charge on any atom is 0.342 e. The molecule has 1 heterocycles. The number of hydrogen-bond donors (Lipinski definition) is 3. The number of anilines is 1. The van der Waals surface area contributed by atoms with E-state index in [4.69, 9.17) is 9.84 Å². The number of nitrogens with one attached hydrogen (secondary N) is 2. The van der Waals surface area contributed by atoms with Crippen LogP contribution in [0.3, 0.4) is 0 Å². The van der Waals surface area contributed by atoms with Gasteiger partial charge in [-0.3, -0.25) is 9.78 Å². The van der Waals surface area contributed by atoms with Crippen LogP contribution in [-0.2, 0) is 4.74 Å². The quantitative estimate of drug-likeness (QED) is 0.571. The number of hydrogen-bond acceptors (Lipinski definition) is 5. The van der Waals surface area contributed by atoms with E-state index >= 15 is 0 Å². The predicted molar refractivity (Wildman–Crippen MR) is 52.2 cm³/mol. The average Bonchev–Trinajstić information content (AvgIpc) is 2.17. The first-order valence-corrected chi connectivity index (χ1v) is 4.20. The number of carbonyl (C=O) groups is 1. The summed E-state index contributed by atoms with van der Waals surface area (Å²) in [5.74, 6) is -1.07. The third-order valence-electron chi connectivity index (χ3n) is 1.63. The first-order chi connectivity index (χ1) is 7.15. The van der Waals surface area contributed by atoms with E-state index in [-0.39, 0.29) is 11.5 Å². The van der Waals surface area contributed by atoms with Crippen molar-refractivity contribution in [2.24, 2.45) is 0 Å². The lowest BCUT2D eigenvalue weighted by molar-refractivity contribution is 0.0694. The van der Waals surface area contributed by atoms with Crippen molar-refractivity contribution in [1.82, 2.24) is 9.97 Å². The Morgan fingerprint density at radius 2 is 2.47 bits per heavy atom. The Bertz CT molecular complexity index is 401. The van der Waals surface area contributed by atoms with E-state index < -0.39 is 11.5 Å². The van der Waals surface area contributed by atoms with Gasteiger partial charge in [0.15, 0.2) is 0 Å². The molecule has 0 saturated carbocycles. The van der Waals surface area contributed by atoms with Crippen LogP contribution in [0.2, 0.25) is 0 Å². The molecule has 0 aromatic carbocycles. The smallest absolute Gasteiger partial charge is 0.342 e. The van der Waals surface area contributed by atoms with E-state index in [1.54, 1.807) is 7.11 Å². The van der Waals surface area contributed by atoms with E-state index in [1.807, 2.05) is 0 Å². The van der Waals surface area contributed by atoms with Crippen LogP contribution in [0.4, 0.5) is 5.95 Å². The van der Waals surface area contributed by atoms with E-state index in [9.17, 15) is 9.59 Å². The molecule has 0 fully saturated rings. The van der Waals surface area contributed by atoms with Crippen molar-refractivity contribution in [2.75, 3.05) is 25.6 Å². The summed E-state index contributed by atoms with van der Waals surface area (Å²) in [6.45, 7) is 0.941. The van der Waals surface area contributed by atoms with Gasteiger partial charge in [0.05, 0.1) is 12.8 Å². The molecule has 15 heavy (non-hydrogen) atoms. The average molecular weight is 213 g/mol. The van der Waals surface area contributed by atoms with Gasteiger partial charge in [-0.2, -0.15) is 0 Å². The molecule has 0 aliphatic carbocycles. The zero-order valence-electron chi connectivity index (χ0n) is 8.11. The van der Waals surface area contributed by atoms with Gasteiger partial charge in [-0.1, -0.05) is 0 Å². The van der Waals surface area contributed by atoms with Gasteiger partial charge in [0.25, 0.3) is 5.56 Å². The van der Waals surface area contributed by atoms with Crippen LogP contribution in [0.5, 0.6) is 0 Å². The van der Waals surface area contributed by atoms with Gasteiger partial charge in [-0.15, -0.1) is 0 Å². The highest BCUT2D eigenvalue weighted by Gasteiger charge is 2.08. The first-order valence-electron chi connectivity index (χ1n) is 4.20. The Morgan fingerprint density at radius 1 is 1.73 bits per heavy atom. The lowest BCUT2D eigenvalue weighted by Gasteiger charge is -2.03. The fourth-order valence-corrected chi connectivity index (χ4v) is 0.909. The molecule has 0 aliphatic rings. The van der Waals surface area contributed by atoms with E-state index in [0.29, 0.717) is 13.2 Å². The van der Waals surface area contributed by atoms with Gasteiger partial charge in [0, 0.05) is 13.7 Å². The summed E-state index contributed by atoms with van der Waals surface area (Å²) >= 11 is 0. The highest BCUT2D eigenvalue weighted by Crippen LogP contribution is 1.94. The van der Waals surface area contributed by atoms with Crippen molar-refractivity contribution < 1.29 is 14.6 Å². The summed E-state index contributed by atoms with van der Waals surface area (Å²) in [7, 11) is 1.55. The second-order valence-electron chi connectivity index (χ2n) is 2.70. The Hall–Kier alpha value is -1.89. The number of aromatic nitrogens is 2. The third-order valence-corrected chi connectivity index (χ3v) is 1.63. The van der Waals surface area contributed by atoms with E-state index in [1.165, 1.54) is 0 Å². The molecule has 0 saturated heterocycles. The second kappa shape index (κ2) is 5.11. The number of nitrogens with zero attached hydrogens (tertiary/aromatic N) is 1. The Kier molecular flexibility index (Phi) is 3.81. The number of rotatable bonds is 5. The van der Waals surface area contributed by atoms with Crippen molar-refractivity contribution in [3.8, 4) is 0 Å². The minimum absolute atomic E-state index is 0.224. The lowest BCUT2D eigenvalue weighted by atomic mass is 10.3. The Labute approximate surface area is 85.1 Å². The highest BCUT2D eigenvalue weighted by atomic mass is 16.5. The third kappa shape index (κ3) is 3.06. The number of aromatic amines is 1. The number of carboxylic acids is 1. The maximum atomic E-state index is 11.2. The van der Waals surface area contributed by atoms with Gasteiger partial charge >= 0.3 is 5.97 Å². The number of H-pyrrole nitrogens is 1. The maximum absolute atomic E-state index is 11.2. The molecule has 1 rings (SSSR count). The minimum atomic E-state index is -1.30. The zero-order chi connectivity index (χ0) is 11.3. The predicted octanol–water partition coefficient (Wildman–Crippen LogP) is -0.474. The highest BCUT2D eigenvalue weighted by molar-refractivity contribution is 5.86. The zero-order valence-corrected chi connectivity index (χ0v) is 8.11. The van der Waals surface area contributed by atoms with Gasteiger partial charge in [-0.25, -0.2) is 9.78 Å². The van der Waals surface area contributed by atoms with Crippen LogP contribution < -0.4 is 10.9 Å². The SMILES string of the molecule is COCCNc1ncc(C(=O)O)c(=O)[nH]1. The van der Waals surface area contributed by atoms with Gasteiger partial charge in [0.1, 0.15) is 5.56 Å². The summed E-state index contributed by atoms with van der Waals surface area (Å²) in [5.41, 5.74) is -1.07. The van der Waals surface area contributed by atoms with Gasteiger partial charge in [-0.05, 0) is 0 Å². The van der Waals surface area contributed by atoms with Crippen molar-refractivity contribution in [3.05, 3.63) is 22.1 Å². The molecule has 0 bridgehead atoms. The molecule has 0 radical (unpaired) electrons. The van der Waals surface area contributed by atoms with Crippen molar-refractivity contribution in [3.63, 3.8) is 0 Å². The Morgan fingerprint density at radius 3 is 3.00 bits per heavy atom. The van der Waals surface area contributed by atoms with Crippen LogP contribution in [0.1, 0.15) is 10.4 Å². The van der Waals surface area contributed by atoms with Crippen molar-refractivity contribution in [2.45, 2.75) is 0 Å². The van der Waals surface area contributed by atoms with Crippen molar-refractivity contribution >= 4 is 11.9 Å². The summed E-state index contributed by atoms with van der Waals surface area (Å²) in [4.78, 5) is 27.7. The molecule has 0 atom stereocenters. The summed E-state index contributed by atoms with van der Waals surface area (Å²) in [6, 6.07) is 0. The van der Waals surface area contributed by atoms with Crippen molar-refractivity contribution in [1.29, 1.82) is 0 Å². The summed E-state index contributed by atoms with van der Waals surface area (Å²) < 4.78 is 4.78. The fraction of sp³-hybridized carbons (Fsp3) is 0.375. The molecule has 0 amide bonds. The first kappa shape index (κ1) is 11.2. The molecule has 7 heteroatoms.